The summed E-state index contributed by atoms with van der Waals surface area (Å²) in [6.07, 6.45) is 5.69. The van der Waals surface area contributed by atoms with Gasteiger partial charge in [0.25, 0.3) is 0 Å². The number of fused-ring (bicyclic) bond motifs is 5. The molecule has 1 aromatic heterocycles. The number of nitrogens with zero attached hydrogens (tertiary/aromatic N) is 2. The highest BCUT2D eigenvalue weighted by Crippen LogP contribution is 2.46. The highest BCUT2D eigenvalue weighted by molar-refractivity contribution is 6.13. The van der Waals surface area contributed by atoms with Crippen LogP contribution >= 0.6 is 0 Å². The second kappa shape index (κ2) is 4.08. The van der Waals surface area contributed by atoms with Crippen molar-refractivity contribution in [3.63, 3.8) is 0 Å². The average Bonchev–Trinajstić information content (AvgIpc) is 2.99. The molecule has 3 heterocycles. The van der Waals surface area contributed by atoms with Crippen LogP contribution in [0.2, 0.25) is 0 Å². The van der Waals surface area contributed by atoms with Crippen LogP contribution in [0, 0.1) is 5.41 Å². The summed E-state index contributed by atoms with van der Waals surface area (Å²) >= 11 is 0. The standard InChI is InChI=1S/C18H20N2/c1-3-13-14-8-5-6-9-15(14)20-12-18(4-2)10-7-11-19-17(18)16(13)20/h3,5-6,8-9H,1,4,7,10-12H2,2H3. The van der Waals surface area contributed by atoms with Crippen molar-refractivity contribution >= 4 is 22.7 Å². The predicted octanol–water partition coefficient (Wildman–Crippen LogP) is 4.28. The molecule has 1 aromatic carbocycles. The van der Waals surface area contributed by atoms with Crippen molar-refractivity contribution in [2.75, 3.05) is 6.54 Å². The Bertz CT molecular complexity index is 735. The van der Waals surface area contributed by atoms with E-state index in [-0.39, 0.29) is 5.41 Å². The van der Waals surface area contributed by atoms with E-state index in [1.54, 1.807) is 0 Å². The Morgan fingerprint density at radius 1 is 1.40 bits per heavy atom. The van der Waals surface area contributed by atoms with Crippen LogP contribution in [0.15, 0.2) is 35.8 Å². The minimum Gasteiger partial charge on any atom is -0.338 e. The fraction of sp³-hybridized carbons (Fsp3) is 0.389. The van der Waals surface area contributed by atoms with Gasteiger partial charge in [0.15, 0.2) is 0 Å². The average molecular weight is 264 g/mol. The van der Waals surface area contributed by atoms with E-state index in [4.69, 9.17) is 4.99 Å². The molecule has 0 amide bonds. The predicted molar refractivity (Wildman–Crippen MR) is 85.4 cm³/mol. The number of hydrogen-bond acceptors (Lipinski definition) is 1. The molecule has 2 aliphatic rings. The van der Waals surface area contributed by atoms with Crippen LogP contribution in [0.3, 0.4) is 0 Å². The number of rotatable bonds is 2. The quantitative estimate of drug-likeness (QED) is 0.770. The Kier molecular flexibility index (Phi) is 2.44. The molecule has 2 aliphatic heterocycles. The van der Waals surface area contributed by atoms with Crippen LogP contribution in [0.1, 0.15) is 37.4 Å². The Labute approximate surface area is 119 Å². The molecule has 1 unspecified atom stereocenters. The lowest BCUT2D eigenvalue weighted by molar-refractivity contribution is 0.324. The fourth-order valence-corrected chi connectivity index (χ4v) is 4.09. The molecule has 0 aliphatic carbocycles. The zero-order valence-electron chi connectivity index (χ0n) is 12.0. The summed E-state index contributed by atoms with van der Waals surface area (Å²) in [4.78, 5) is 4.93. The van der Waals surface area contributed by atoms with Gasteiger partial charge in [-0.1, -0.05) is 37.8 Å². The smallest absolute Gasteiger partial charge is 0.0712 e. The van der Waals surface area contributed by atoms with Gasteiger partial charge in [-0.15, -0.1) is 0 Å². The molecule has 0 spiro atoms. The van der Waals surface area contributed by atoms with Gasteiger partial charge >= 0.3 is 0 Å². The summed E-state index contributed by atoms with van der Waals surface area (Å²) in [5, 5.41) is 1.32. The topological polar surface area (TPSA) is 17.3 Å². The van der Waals surface area contributed by atoms with Crippen LogP contribution in [0.4, 0.5) is 0 Å². The lowest BCUT2D eigenvalue weighted by Gasteiger charge is -2.31. The third-order valence-corrected chi connectivity index (χ3v) is 5.16. The summed E-state index contributed by atoms with van der Waals surface area (Å²) in [6, 6.07) is 8.67. The SMILES string of the molecule is C=Cc1c2n(c3ccccc13)CC1(CC)CCCN=C21. The van der Waals surface area contributed by atoms with E-state index in [1.807, 2.05) is 6.08 Å². The Morgan fingerprint density at radius 2 is 2.25 bits per heavy atom. The Hall–Kier alpha value is -1.83. The maximum atomic E-state index is 4.93. The first-order valence-electron chi connectivity index (χ1n) is 7.60. The van der Waals surface area contributed by atoms with Crippen LogP contribution in [0.25, 0.3) is 17.0 Å². The zero-order valence-corrected chi connectivity index (χ0v) is 12.0. The van der Waals surface area contributed by atoms with E-state index >= 15 is 0 Å². The summed E-state index contributed by atoms with van der Waals surface area (Å²) in [6.45, 7) is 8.43. The van der Waals surface area contributed by atoms with Gasteiger partial charge < -0.3 is 4.57 Å². The first-order chi connectivity index (χ1) is 9.80. The lowest BCUT2D eigenvalue weighted by atomic mass is 9.75. The van der Waals surface area contributed by atoms with Crippen molar-refractivity contribution in [1.29, 1.82) is 0 Å². The maximum Gasteiger partial charge on any atom is 0.0712 e. The molecule has 0 saturated carbocycles. The molecule has 0 N–H and O–H groups in total. The van der Waals surface area contributed by atoms with E-state index < -0.39 is 0 Å². The highest BCUT2D eigenvalue weighted by atomic mass is 15.1. The van der Waals surface area contributed by atoms with Crippen molar-refractivity contribution in [2.45, 2.75) is 32.7 Å². The van der Waals surface area contributed by atoms with Gasteiger partial charge in [0, 0.05) is 35.0 Å². The second-order valence-corrected chi connectivity index (χ2v) is 6.04. The molecule has 102 valence electrons. The molecule has 2 heteroatoms. The third-order valence-electron chi connectivity index (χ3n) is 5.16. The van der Waals surface area contributed by atoms with Crippen LogP contribution in [-0.4, -0.2) is 16.8 Å². The van der Waals surface area contributed by atoms with Crippen molar-refractivity contribution in [3.8, 4) is 0 Å². The minimum absolute atomic E-state index is 0.273. The first kappa shape index (κ1) is 12.0. The van der Waals surface area contributed by atoms with E-state index in [1.165, 1.54) is 47.1 Å². The Balaban J connectivity index is 2.07. The molecule has 20 heavy (non-hydrogen) atoms. The van der Waals surface area contributed by atoms with E-state index in [0.29, 0.717) is 0 Å². The lowest BCUT2D eigenvalue weighted by Crippen LogP contribution is -2.32. The fourth-order valence-electron chi connectivity index (χ4n) is 4.09. The van der Waals surface area contributed by atoms with Crippen molar-refractivity contribution < 1.29 is 0 Å². The number of hydrogen-bond donors (Lipinski definition) is 0. The van der Waals surface area contributed by atoms with Crippen LogP contribution in [0.5, 0.6) is 0 Å². The van der Waals surface area contributed by atoms with Gasteiger partial charge in [-0.2, -0.15) is 0 Å². The number of aliphatic imine (C=N–C) groups is 1. The summed E-state index contributed by atoms with van der Waals surface area (Å²) in [5.74, 6) is 0. The van der Waals surface area contributed by atoms with E-state index in [9.17, 15) is 0 Å². The molecule has 0 bridgehead atoms. The van der Waals surface area contributed by atoms with Crippen molar-refractivity contribution in [2.24, 2.45) is 10.4 Å². The van der Waals surface area contributed by atoms with Gasteiger partial charge in [0.05, 0.1) is 11.4 Å². The zero-order chi connectivity index (χ0) is 13.7. The molecule has 0 radical (unpaired) electrons. The molecular weight excluding hydrogens is 244 g/mol. The van der Waals surface area contributed by atoms with Gasteiger partial charge in [-0.25, -0.2) is 0 Å². The van der Waals surface area contributed by atoms with Gasteiger partial charge in [0.2, 0.25) is 0 Å². The van der Waals surface area contributed by atoms with Gasteiger partial charge in [-0.3, -0.25) is 4.99 Å². The van der Waals surface area contributed by atoms with E-state index in [2.05, 4.69) is 42.3 Å². The molecule has 2 nitrogen and oxygen atoms in total. The normalized spacial score (nSPS) is 24.4. The highest BCUT2D eigenvalue weighted by Gasteiger charge is 2.45. The van der Waals surface area contributed by atoms with Crippen molar-refractivity contribution in [1.82, 2.24) is 4.57 Å². The van der Waals surface area contributed by atoms with Gasteiger partial charge in [0.1, 0.15) is 0 Å². The minimum atomic E-state index is 0.273. The summed E-state index contributed by atoms with van der Waals surface area (Å²) in [5.41, 5.74) is 5.56. The number of benzene rings is 1. The van der Waals surface area contributed by atoms with Crippen molar-refractivity contribution in [3.05, 3.63) is 42.1 Å². The molecule has 1 atom stereocenters. The molecular formula is C18H20N2. The third kappa shape index (κ3) is 1.32. The monoisotopic (exact) mass is 264 g/mol. The number of aromatic nitrogens is 1. The second-order valence-electron chi connectivity index (χ2n) is 6.04. The molecule has 0 fully saturated rings. The summed E-state index contributed by atoms with van der Waals surface area (Å²) < 4.78 is 2.49. The van der Waals surface area contributed by atoms with Crippen LogP contribution in [-0.2, 0) is 6.54 Å². The number of para-hydroxylation sites is 1. The first-order valence-corrected chi connectivity index (χ1v) is 7.60. The van der Waals surface area contributed by atoms with Crippen LogP contribution < -0.4 is 0 Å². The maximum absolute atomic E-state index is 4.93. The molecule has 0 saturated heterocycles. The molecule has 2 aromatic rings. The molecule has 4 rings (SSSR count). The van der Waals surface area contributed by atoms with E-state index in [0.717, 1.165) is 13.1 Å². The van der Waals surface area contributed by atoms with Gasteiger partial charge in [-0.05, 0) is 25.3 Å². The largest absolute Gasteiger partial charge is 0.338 e. The summed E-state index contributed by atoms with van der Waals surface area (Å²) in [7, 11) is 0. The Morgan fingerprint density at radius 3 is 3.05 bits per heavy atom.